The Morgan fingerprint density at radius 2 is 1.85 bits per heavy atom. The Labute approximate surface area is 75.5 Å². The van der Waals surface area contributed by atoms with Crippen LogP contribution in [0.3, 0.4) is 0 Å². The van der Waals surface area contributed by atoms with E-state index in [1.54, 1.807) is 7.05 Å². The van der Waals surface area contributed by atoms with Gasteiger partial charge in [-0.15, -0.1) is 0 Å². The van der Waals surface area contributed by atoms with Gasteiger partial charge in [0.05, 0.1) is 7.11 Å². The van der Waals surface area contributed by atoms with Crippen LogP contribution in [-0.4, -0.2) is 14.2 Å². The Balaban J connectivity index is 3.05. The van der Waals surface area contributed by atoms with Crippen LogP contribution in [0.4, 0.5) is 8.78 Å². The molecular formula is C9H11F2NO. The van der Waals surface area contributed by atoms with Crippen molar-refractivity contribution < 1.29 is 13.5 Å². The van der Waals surface area contributed by atoms with E-state index in [1.165, 1.54) is 19.2 Å². The molecule has 0 aliphatic rings. The van der Waals surface area contributed by atoms with Crippen molar-refractivity contribution in [3.8, 4) is 5.75 Å². The molecule has 1 rings (SSSR count). The van der Waals surface area contributed by atoms with Gasteiger partial charge in [-0.05, 0) is 24.7 Å². The Morgan fingerprint density at radius 3 is 2.23 bits per heavy atom. The fourth-order valence-electron chi connectivity index (χ4n) is 1.11. The molecule has 0 fully saturated rings. The molecule has 0 saturated heterocycles. The highest BCUT2D eigenvalue weighted by Crippen LogP contribution is 2.22. The second-order valence-corrected chi connectivity index (χ2v) is 2.62. The van der Waals surface area contributed by atoms with Crippen LogP contribution in [0.25, 0.3) is 0 Å². The van der Waals surface area contributed by atoms with Gasteiger partial charge >= 0.3 is 0 Å². The van der Waals surface area contributed by atoms with Gasteiger partial charge in [-0.2, -0.15) is 0 Å². The van der Waals surface area contributed by atoms with Crippen LogP contribution in [0.1, 0.15) is 5.56 Å². The quantitative estimate of drug-likeness (QED) is 0.777. The number of ether oxygens (including phenoxy) is 1. The van der Waals surface area contributed by atoms with E-state index in [9.17, 15) is 8.78 Å². The summed E-state index contributed by atoms with van der Waals surface area (Å²) in [6.45, 7) is 0.428. The summed E-state index contributed by atoms with van der Waals surface area (Å²) in [4.78, 5) is 0. The summed E-state index contributed by atoms with van der Waals surface area (Å²) >= 11 is 0. The van der Waals surface area contributed by atoms with Crippen molar-refractivity contribution in [1.29, 1.82) is 0 Å². The van der Waals surface area contributed by atoms with Crippen molar-refractivity contribution in [3.63, 3.8) is 0 Å². The Kier molecular flexibility index (Phi) is 3.19. The summed E-state index contributed by atoms with van der Waals surface area (Å²) in [5.74, 6) is -1.68. The van der Waals surface area contributed by atoms with E-state index in [2.05, 4.69) is 10.1 Å². The van der Waals surface area contributed by atoms with Gasteiger partial charge in [-0.1, -0.05) is 0 Å². The number of halogens is 2. The number of benzene rings is 1. The zero-order chi connectivity index (χ0) is 9.84. The minimum Gasteiger partial charge on any atom is -0.491 e. The van der Waals surface area contributed by atoms with E-state index >= 15 is 0 Å². The van der Waals surface area contributed by atoms with E-state index < -0.39 is 11.6 Å². The summed E-state index contributed by atoms with van der Waals surface area (Å²) < 4.78 is 30.6. The van der Waals surface area contributed by atoms with Gasteiger partial charge in [-0.25, -0.2) is 8.78 Å². The predicted molar refractivity (Wildman–Crippen MR) is 45.7 cm³/mol. The van der Waals surface area contributed by atoms with E-state index in [1.807, 2.05) is 0 Å². The van der Waals surface area contributed by atoms with Crippen molar-refractivity contribution in [2.24, 2.45) is 0 Å². The van der Waals surface area contributed by atoms with Gasteiger partial charge in [0.25, 0.3) is 0 Å². The lowest BCUT2D eigenvalue weighted by Gasteiger charge is -2.06. The molecule has 13 heavy (non-hydrogen) atoms. The van der Waals surface area contributed by atoms with Crippen LogP contribution >= 0.6 is 0 Å². The first-order chi connectivity index (χ1) is 6.19. The topological polar surface area (TPSA) is 21.3 Å². The summed E-state index contributed by atoms with van der Waals surface area (Å²) in [6, 6.07) is 2.50. The van der Waals surface area contributed by atoms with Crippen LogP contribution in [0.15, 0.2) is 12.1 Å². The number of methoxy groups -OCH3 is 1. The van der Waals surface area contributed by atoms with E-state index in [-0.39, 0.29) is 5.75 Å². The lowest BCUT2D eigenvalue weighted by molar-refractivity contribution is 0.359. The second kappa shape index (κ2) is 4.18. The summed E-state index contributed by atoms with van der Waals surface area (Å²) in [5, 5.41) is 2.80. The minimum absolute atomic E-state index is 0.333. The van der Waals surface area contributed by atoms with Gasteiger partial charge < -0.3 is 10.1 Å². The highest BCUT2D eigenvalue weighted by molar-refractivity contribution is 5.31. The first-order valence-electron chi connectivity index (χ1n) is 3.85. The third kappa shape index (κ3) is 2.15. The van der Waals surface area contributed by atoms with Gasteiger partial charge in [0, 0.05) is 6.54 Å². The fraction of sp³-hybridized carbons (Fsp3) is 0.333. The highest BCUT2D eigenvalue weighted by atomic mass is 19.1. The molecule has 72 valence electrons. The minimum atomic E-state index is -0.673. The molecule has 0 aromatic heterocycles. The number of hydrogen-bond acceptors (Lipinski definition) is 2. The molecule has 0 heterocycles. The third-order valence-electron chi connectivity index (χ3n) is 1.64. The highest BCUT2D eigenvalue weighted by Gasteiger charge is 2.10. The average molecular weight is 187 g/mol. The normalized spacial score (nSPS) is 10.2. The fourth-order valence-corrected chi connectivity index (χ4v) is 1.11. The van der Waals surface area contributed by atoms with Gasteiger partial charge in [0.2, 0.25) is 0 Å². The summed E-state index contributed by atoms with van der Waals surface area (Å²) in [5.41, 5.74) is 0.554. The third-order valence-corrected chi connectivity index (χ3v) is 1.64. The standard InChI is InChI=1S/C9H11F2NO/c1-12-5-6-3-7(10)9(13-2)8(11)4-6/h3-4,12H,5H2,1-2H3. The average Bonchev–Trinajstić information content (AvgIpc) is 2.04. The monoisotopic (exact) mass is 187 g/mol. The molecule has 1 aromatic carbocycles. The molecule has 0 aliphatic carbocycles. The maximum absolute atomic E-state index is 13.0. The largest absolute Gasteiger partial charge is 0.491 e. The molecule has 1 N–H and O–H groups in total. The molecule has 0 spiro atoms. The first-order valence-corrected chi connectivity index (χ1v) is 3.85. The number of hydrogen-bond donors (Lipinski definition) is 1. The molecule has 0 atom stereocenters. The van der Waals surface area contributed by atoms with Crippen LogP contribution in [-0.2, 0) is 6.54 Å². The second-order valence-electron chi connectivity index (χ2n) is 2.62. The maximum Gasteiger partial charge on any atom is 0.190 e. The maximum atomic E-state index is 13.0. The number of nitrogens with one attached hydrogen (secondary N) is 1. The summed E-state index contributed by atoms with van der Waals surface area (Å²) in [6.07, 6.45) is 0. The molecule has 0 aliphatic heterocycles. The van der Waals surface area contributed by atoms with Gasteiger partial charge in [0.15, 0.2) is 17.4 Å². The zero-order valence-electron chi connectivity index (χ0n) is 7.53. The predicted octanol–water partition coefficient (Wildman–Crippen LogP) is 1.69. The molecule has 0 saturated carbocycles. The molecule has 4 heteroatoms. The van der Waals surface area contributed by atoms with Gasteiger partial charge in [0.1, 0.15) is 0 Å². The van der Waals surface area contributed by atoms with E-state index in [0.717, 1.165) is 0 Å². The number of rotatable bonds is 3. The molecule has 0 amide bonds. The Morgan fingerprint density at radius 1 is 1.31 bits per heavy atom. The zero-order valence-corrected chi connectivity index (χ0v) is 7.53. The lowest BCUT2D eigenvalue weighted by Crippen LogP contribution is -2.06. The molecule has 1 aromatic rings. The Bertz CT molecular complexity index is 279. The van der Waals surface area contributed by atoms with Crippen LogP contribution in [0.2, 0.25) is 0 Å². The Hall–Kier alpha value is -1.16. The van der Waals surface area contributed by atoms with Gasteiger partial charge in [-0.3, -0.25) is 0 Å². The first kappa shape index (κ1) is 9.92. The van der Waals surface area contributed by atoms with Crippen LogP contribution < -0.4 is 10.1 Å². The van der Waals surface area contributed by atoms with Crippen molar-refractivity contribution in [2.45, 2.75) is 6.54 Å². The molecule has 0 bridgehead atoms. The van der Waals surface area contributed by atoms with E-state index in [0.29, 0.717) is 12.1 Å². The molecule has 0 radical (unpaired) electrons. The molecular weight excluding hydrogens is 176 g/mol. The molecule has 2 nitrogen and oxygen atoms in total. The van der Waals surface area contributed by atoms with Crippen molar-refractivity contribution in [1.82, 2.24) is 5.32 Å². The molecule has 0 unspecified atom stereocenters. The van der Waals surface area contributed by atoms with Crippen LogP contribution in [0.5, 0.6) is 5.75 Å². The lowest BCUT2D eigenvalue weighted by atomic mass is 10.2. The summed E-state index contributed by atoms with van der Waals surface area (Å²) in [7, 11) is 2.94. The van der Waals surface area contributed by atoms with Crippen molar-refractivity contribution in [3.05, 3.63) is 29.3 Å². The smallest absolute Gasteiger partial charge is 0.190 e. The van der Waals surface area contributed by atoms with Crippen LogP contribution in [0, 0.1) is 11.6 Å². The van der Waals surface area contributed by atoms with E-state index in [4.69, 9.17) is 0 Å². The van der Waals surface area contributed by atoms with Crippen molar-refractivity contribution >= 4 is 0 Å². The van der Waals surface area contributed by atoms with Crippen molar-refractivity contribution in [2.75, 3.05) is 14.2 Å². The SMILES string of the molecule is CNCc1cc(F)c(OC)c(F)c1.